The van der Waals surface area contributed by atoms with Crippen molar-refractivity contribution in [3.8, 4) is 5.88 Å². The smallest absolute Gasteiger partial charge is 0.259 e. The van der Waals surface area contributed by atoms with Gasteiger partial charge in [0.15, 0.2) is 0 Å². The van der Waals surface area contributed by atoms with Gasteiger partial charge in [-0.3, -0.25) is 4.79 Å². The summed E-state index contributed by atoms with van der Waals surface area (Å²) in [6.45, 7) is 2.83. The van der Waals surface area contributed by atoms with Crippen LogP contribution in [0.4, 0.5) is 5.69 Å². The van der Waals surface area contributed by atoms with Crippen LogP contribution in [-0.4, -0.2) is 35.0 Å². The number of nitrogens with zero attached hydrogens (tertiary/aromatic N) is 2. The standard InChI is InChI=1S/C20H24N2O2S/c1-2-3-12-22(17-7-5-4-6-8-17)20(23)16-9-10-19(21-14-16)24-18-11-13-25-15-18/h4-10,14,18H,2-3,11-13,15H2,1H3. The maximum Gasteiger partial charge on any atom is 0.259 e. The summed E-state index contributed by atoms with van der Waals surface area (Å²) in [6, 6.07) is 13.4. The number of amides is 1. The number of unbranched alkanes of at least 4 members (excludes halogenated alkanes) is 1. The van der Waals surface area contributed by atoms with Gasteiger partial charge in [0.2, 0.25) is 5.88 Å². The van der Waals surface area contributed by atoms with Crippen molar-refractivity contribution in [2.45, 2.75) is 32.3 Å². The fourth-order valence-corrected chi connectivity index (χ4v) is 3.87. The molecule has 1 aliphatic rings. The number of carbonyl (C=O) groups is 1. The van der Waals surface area contributed by atoms with Gasteiger partial charge in [0.05, 0.1) is 5.56 Å². The molecule has 1 fully saturated rings. The van der Waals surface area contributed by atoms with Crippen LogP contribution >= 0.6 is 11.8 Å². The molecule has 25 heavy (non-hydrogen) atoms. The van der Waals surface area contributed by atoms with E-state index in [2.05, 4.69) is 11.9 Å². The molecule has 1 amide bonds. The molecule has 1 unspecified atom stereocenters. The Kier molecular flexibility index (Phi) is 6.34. The van der Waals surface area contributed by atoms with Crippen LogP contribution in [0.5, 0.6) is 5.88 Å². The fourth-order valence-electron chi connectivity index (χ4n) is 2.78. The Morgan fingerprint density at radius 3 is 2.76 bits per heavy atom. The summed E-state index contributed by atoms with van der Waals surface area (Å²) in [5, 5.41) is 0. The minimum Gasteiger partial charge on any atom is -0.473 e. The van der Waals surface area contributed by atoms with Crippen LogP contribution in [-0.2, 0) is 0 Å². The first-order valence-corrected chi connectivity index (χ1v) is 10.0. The van der Waals surface area contributed by atoms with Gasteiger partial charge in [-0.25, -0.2) is 4.98 Å². The Morgan fingerprint density at radius 2 is 2.12 bits per heavy atom. The van der Waals surface area contributed by atoms with Crippen LogP contribution in [0.15, 0.2) is 48.7 Å². The zero-order valence-corrected chi connectivity index (χ0v) is 15.4. The summed E-state index contributed by atoms with van der Waals surface area (Å²) >= 11 is 1.91. The van der Waals surface area contributed by atoms with Gasteiger partial charge in [0.25, 0.3) is 5.91 Å². The number of para-hydroxylation sites is 1. The van der Waals surface area contributed by atoms with E-state index in [1.54, 1.807) is 12.3 Å². The van der Waals surface area contributed by atoms with Crippen LogP contribution in [0.25, 0.3) is 0 Å². The lowest BCUT2D eigenvalue weighted by atomic mass is 10.2. The predicted molar refractivity (Wildman–Crippen MR) is 104 cm³/mol. The molecule has 1 saturated heterocycles. The van der Waals surface area contributed by atoms with Gasteiger partial charge in [-0.1, -0.05) is 31.5 Å². The van der Waals surface area contributed by atoms with E-state index in [4.69, 9.17) is 4.74 Å². The molecular formula is C20H24N2O2S. The summed E-state index contributed by atoms with van der Waals surface area (Å²) in [7, 11) is 0. The first-order valence-electron chi connectivity index (χ1n) is 8.85. The topological polar surface area (TPSA) is 42.4 Å². The van der Waals surface area contributed by atoms with Crippen LogP contribution in [0, 0.1) is 0 Å². The van der Waals surface area contributed by atoms with Gasteiger partial charge >= 0.3 is 0 Å². The van der Waals surface area contributed by atoms with Crippen molar-refractivity contribution in [3.05, 3.63) is 54.2 Å². The van der Waals surface area contributed by atoms with E-state index < -0.39 is 0 Å². The quantitative estimate of drug-likeness (QED) is 0.737. The molecule has 1 aromatic carbocycles. The summed E-state index contributed by atoms with van der Waals surface area (Å²) in [6.07, 6.45) is 4.94. The third kappa shape index (κ3) is 4.75. The number of pyridine rings is 1. The minimum atomic E-state index is -0.0184. The van der Waals surface area contributed by atoms with E-state index in [9.17, 15) is 4.79 Å². The number of carbonyl (C=O) groups excluding carboxylic acids is 1. The van der Waals surface area contributed by atoms with Gasteiger partial charge in [-0.15, -0.1) is 0 Å². The third-order valence-corrected chi connectivity index (χ3v) is 5.34. The molecule has 0 N–H and O–H groups in total. The normalized spacial score (nSPS) is 16.6. The van der Waals surface area contributed by atoms with Gasteiger partial charge < -0.3 is 9.64 Å². The average Bonchev–Trinajstić information content (AvgIpc) is 3.16. The Bertz CT molecular complexity index is 670. The first-order chi connectivity index (χ1) is 12.3. The zero-order chi connectivity index (χ0) is 17.5. The molecule has 0 radical (unpaired) electrons. The van der Waals surface area contributed by atoms with E-state index in [-0.39, 0.29) is 12.0 Å². The fraction of sp³-hybridized carbons (Fsp3) is 0.400. The van der Waals surface area contributed by atoms with Crippen molar-refractivity contribution >= 4 is 23.4 Å². The number of ether oxygens (including phenoxy) is 1. The molecule has 2 aromatic rings. The van der Waals surface area contributed by atoms with Gasteiger partial charge in [-0.2, -0.15) is 11.8 Å². The highest BCUT2D eigenvalue weighted by Crippen LogP contribution is 2.23. The Morgan fingerprint density at radius 1 is 1.28 bits per heavy atom. The van der Waals surface area contributed by atoms with E-state index in [1.807, 2.05) is 53.1 Å². The molecule has 1 atom stereocenters. The maximum absolute atomic E-state index is 12.9. The summed E-state index contributed by atoms with van der Waals surface area (Å²) < 4.78 is 5.86. The van der Waals surface area contributed by atoms with E-state index in [1.165, 1.54) is 0 Å². The highest BCUT2D eigenvalue weighted by Gasteiger charge is 2.20. The molecule has 0 saturated carbocycles. The summed E-state index contributed by atoms with van der Waals surface area (Å²) in [5.41, 5.74) is 1.51. The van der Waals surface area contributed by atoms with Gasteiger partial charge in [-0.05, 0) is 36.8 Å². The van der Waals surface area contributed by atoms with E-state index in [0.29, 0.717) is 18.0 Å². The highest BCUT2D eigenvalue weighted by molar-refractivity contribution is 7.99. The lowest BCUT2D eigenvalue weighted by Crippen LogP contribution is -2.32. The first kappa shape index (κ1) is 17.8. The lowest BCUT2D eigenvalue weighted by Gasteiger charge is -2.23. The minimum absolute atomic E-state index is 0.0184. The average molecular weight is 356 g/mol. The molecule has 2 heterocycles. The number of thioether (sulfide) groups is 1. The SMILES string of the molecule is CCCCN(C(=O)c1ccc(OC2CCSC2)nc1)c1ccccc1. The molecule has 5 heteroatoms. The van der Waals surface area contributed by atoms with Crippen molar-refractivity contribution in [1.29, 1.82) is 0 Å². The lowest BCUT2D eigenvalue weighted by molar-refractivity contribution is 0.0986. The van der Waals surface area contributed by atoms with Crippen molar-refractivity contribution in [2.75, 3.05) is 23.0 Å². The Labute approximate surface area is 153 Å². The number of aromatic nitrogens is 1. The second-order valence-corrected chi connectivity index (χ2v) is 7.28. The predicted octanol–water partition coefficient (Wildman–Crippen LogP) is 4.41. The molecular weight excluding hydrogens is 332 g/mol. The van der Waals surface area contributed by atoms with Crippen LogP contribution < -0.4 is 9.64 Å². The summed E-state index contributed by atoms with van der Waals surface area (Å²) in [5.74, 6) is 2.74. The van der Waals surface area contributed by atoms with Crippen molar-refractivity contribution < 1.29 is 9.53 Å². The molecule has 1 aromatic heterocycles. The monoisotopic (exact) mass is 356 g/mol. The number of rotatable bonds is 7. The highest BCUT2D eigenvalue weighted by atomic mass is 32.2. The third-order valence-electron chi connectivity index (χ3n) is 4.21. The molecule has 3 rings (SSSR count). The maximum atomic E-state index is 12.9. The van der Waals surface area contributed by atoms with Crippen molar-refractivity contribution in [2.24, 2.45) is 0 Å². The molecule has 0 spiro atoms. The van der Waals surface area contributed by atoms with Crippen LogP contribution in [0.1, 0.15) is 36.5 Å². The molecule has 132 valence electrons. The molecule has 0 bridgehead atoms. The van der Waals surface area contributed by atoms with Crippen LogP contribution in [0.2, 0.25) is 0 Å². The molecule has 4 nitrogen and oxygen atoms in total. The summed E-state index contributed by atoms with van der Waals surface area (Å²) in [4.78, 5) is 19.1. The Balaban J connectivity index is 1.72. The second kappa shape index (κ2) is 8.90. The second-order valence-electron chi connectivity index (χ2n) is 6.13. The van der Waals surface area contributed by atoms with Crippen LogP contribution in [0.3, 0.4) is 0 Å². The number of hydrogen-bond donors (Lipinski definition) is 0. The molecule has 1 aliphatic heterocycles. The van der Waals surface area contributed by atoms with E-state index in [0.717, 1.165) is 36.5 Å². The van der Waals surface area contributed by atoms with E-state index >= 15 is 0 Å². The zero-order valence-electron chi connectivity index (χ0n) is 14.6. The molecule has 0 aliphatic carbocycles. The largest absolute Gasteiger partial charge is 0.473 e. The van der Waals surface area contributed by atoms with Gasteiger partial charge in [0, 0.05) is 30.2 Å². The Hall–Kier alpha value is -2.01. The van der Waals surface area contributed by atoms with Crippen molar-refractivity contribution in [3.63, 3.8) is 0 Å². The number of hydrogen-bond acceptors (Lipinski definition) is 4. The van der Waals surface area contributed by atoms with Gasteiger partial charge in [0.1, 0.15) is 6.10 Å². The number of anilines is 1. The number of benzene rings is 1. The van der Waals surface area contributed by atoms with Crippen molar-refractivity contribution in [1.82, 2.24) is 4.98 Å².